The van der Waals surface area contributed by atoms with Crippen molar-refractivity contribution < 1.29 is 4.79 Å². The molecule has 5 rings (SSSR count). The molecule has 4 aromatic rings. The zero-order valence-electron chi connectivity index (χ0n) is 18.7. The monoisotopic (exact) mass is 415 g/mol. The number of amides is 1. The zero-order chi connectivity index (χ0) is 21.7. The number of fused-ring (bicyclic) bond motifs is 2. The van der Waals surface area contributed by atoms with E-state index in [2.05, 4.69) is 60.3 Å². The molecule has 0 saturated carbocycles. The van der Waals surface area contributed by atoms with E-state index in [1.807, 2.05) is 23.1 Å². The second kappa shape index (κ2) is 7.54. The Morgan fingerprint density at radius 3 is 2.58 bits per heavy atom. The molecule has 1 aliphatic rings. The van der Waals surface area contributed by atoms with Crippen LogP contribution in [0.1, 0.15) is 38.6 Å². The van der Waals surface area contributed by atoms with Crippen molar-refractivity contribution in [1.29, 1.82) is 0 Å². The molecule has 1 aliphatic heterocycles. The van der Waals surface area contributed by atoms with Crippen LogP contribution in [0.3, 0.4) is 0 Å². The first-order chi connectivity index (χ1) is 14.9. The van der Waals surface area contributed by atoms with Gasteiger partial charge < -0.3 is 14.3 Å². The number of aromatic nitrogens is 3. The Labute approximate surface area is 182 Å². The van der Waals surface area contributed by atoms with Crippen LogP contribution in [0.4, 0.5) is 0 Å². The van der Waals surface area contributed by atoms with Crippen molar-refractivity contribution in [1.82, 2.24) is 24.2 Å². The van der Waals surface area contributed by atoms with Crippen LogP contribution >= 0.6 is 0 Å². The molecule has 31 heavy (non-hydrogen) atoms. The smallest absolute Gasteiger partial charge is 0.253 e. The van der Waals surface area contributed by atoms with Crippen LogP contribution in [-0.4, -0.2) is 56.3 Å². The fraction of sp³-hybridized carbons (Fsp3) is 0.360. The van der Waals surface area contributed by atoms with Gasteiger partial charge in [0.05, 0.1) is 11.4 Å². The van der Waals surface area contributed by atoms with E-state index in [1.165, 1.54) is 16.8 Å². The first kappa shape index (κ1) is 19.8. The molecule has 0 bridgehead atoms. The number of aryl methyl sites for hydroxylation is 4. The van der Waals surface area contributed by atoms with Crippen molar-refractivity contribution in [3.05, 3.63) is 70.3 Å². The van der Waals surface area contributed by atoms with Crippen molar-refractivity contribution in [2.24, 2.45) is 0 Å². The molecule has 0 aliphatic carbocycles. The van der Waals surface area contributed by atoms with E-state index in [9.17, 15) is 4.79 Å². The minimum atomic E-state index is 0.126. The van der Waals surface area contributed by atoms with Gasteiger partial charge in [-0.15, -0.1) is 0 Å². The Morgan fingerprint density at radius 2 is 1.81 bits per heavy atom. The highest BCUT2D eigenvalue weighted by Crippen LogP contribution is 2.23. The number of hydrogen-bond donors (Lipinski definition) is 1. The number of nitrogens with one attached hydrogen (secondary N) is 1. The van der Waals surface area contributed by atoms with Crippen LogP contribution in [-0.2, 0) is 6.54 Å². The normalized spacial score (nSPS) is 15.3. The maximum absolute atomic E-state index is 13.1. The number of carbonyl (C=O) groups is 1. The summed E-state index contributed by atoms with van der Waals surface area (Å²) in [5, 5.41) is 1.14. The summed E-state index contributed by atoms with van der Waals surface area (Å²) in [7, 11) is 0. The van der Waals surface area contributed by atoms with Gasteiger partial charge in [-0.25, -0.2) is 4.98 Å². The SMILES string of the molecule is Cc1ccn2c(CN3CCN(C(=O)c4ccc5[nH]c(C)c(C)c5c4)CC3)c(C)nc2c1. The summed E-state index contributed by atoms with van der Waals surface area (Å²) in [5.74, 6) is 0.126. The van der Waals surface area contributed by atoms with Crippen molar-refractivity contribution in [3.8, 4) is 0 Å². The summed E-state index contributed by atoms with van der Waals surface area (Å²) in [4.78, 5) is 25.6. The van der Waals surface area contributed by atoms with Gasteiger partial charge in [0.25, 0.3) is 5.91 Å². The molecule has 160 valence electrons. The van der Waals surface area contributed by atoms with Crippen molar-refractivity contribution in [2.45, 2.75) is 34.2 Å². The summed E-state index contributed by atoms with van der Waals surface area (Å²) in [5.41, 5.74) is 8.78. The Hall–Kier alpha value is -3.12. The molecule has 1 N–H and O–H groups in total. The second-order valence-corrected chi connectivity index (χ2v) is 8.78. The predicted molar refractivity (Wildman–Crippen MR) is 124 cm³/mol. The molecule has 0 unspecified atom stereocenters. The molecule has 3 aromatic heterocycles. The molecule has 1 amide bonds. The van der Waals surface area contributed by atoms with E-state index < -0.39 is 0 Å². The molecule has 0 radical (unpaired) electrons. The molecule has 4 heterocycles. The van der Waals surface area contributed by atoms with Gasteiger partial charge in [0, 0.05) is 61.1 Å². The van der Waals surface area contributed by atoms with Crippen LogP contribution in [0.2, 0.25) is 0 Å². The van der Waals surface area contributed by atoms with E-state index in [4.69, 9.17) is 4.98 Å². The Bertz CT molecular complexity index is 1290. The van der Waals surface area contributed by atoms with Crippen molar-refractivity contribution in [2.75, 3.05) is 26.2 Å². The molecule has 1 saturated heterocycles. The standard InChI is InChI=1S/C25H29N5O/c1-16-7-8-30-23(19(4)27-24(30)13-16)15-28-9-11-29(12-10-28)25(31)20-5-6-22-21(14-20)17(2)18(3)26-22/h5-8,13-14,26H,9-12,15H2,1-4H3. The average Bonchev–Trinajstić information content (AvgIpc) is 3.22. The van der Waals surface area contributed by atoms with Crippen molar-refractivity contribution >= 4 is 22.5 Å². The number of piperazine rings is 1. The van der Waals surface area contributed by atoms with Gasteiger partial charge in [-0.05, 0) is 69.2 Å². The number of pyridine rings is 1. The first-order valence-electron chi connectivity index (χ1n) is 11.0. The minimum Gasteiger partial charge on any atom is -0.358 e. The topological polar surface area (TPSA) is 56.6 Å². The quantitative estimate of drug-likeness (QED) is 0.550. The molecule has 1 aromatic carbocycles. The highest BCUT2D eigenvalue weighted by Gasteiger charge is 2.24. The summed E-state index contributed by atoms with van der Waals surface area (Å²) < 4.78 is 2.19. The highest BCUT2D eigenvalue weighted by atomic mass is 16.2. The molecule has 0 spiro atoms. The lowest BCUT2D eigenvalue weighted by Crippen LogP contribution is -2.48. The Morgan fingerprint density at radius 1 is 1.03 bits per heavy atom. The van der Waals surface area contributed by atoms with Gasteiger partial charge in [0.15, 0.2) is 0 Å². The summed E-state index contributed by atoms with van der Waals surface area (Å²) in [6, 6.07) is 10.2. The number of rotatable bonds is 3. The van der Waals surface area contributed by atoms with E-state index in [0.29, 0.717) is 0 Å². The number of hydrogen-bond acceptors (Lipinski definition) is 3. The lowest BCUT2D eigenvalue weighted by atomic mass is 10.1. The Kier molecular flexibility index (Phi) is 4.82. The zero-order valence-corrected chi connectivity index (χ0v) is 18.7. The summed E-state index contributed by atoms with van der Waals surface area (Å²) in [6.45, 7) is 12.4. The molecule has 6 nitrogen and oxygen atoms in total. The van der Waals surface area contributed by atoms with Gasteiger partial charge in [0.2, 0.25) is 0 Å². The molecule has 1 fully saturated rings. The van der Waals surface area contributed by atoms with Crippen molar-refractivity contribution in [3.63, 3.8) is 0 Å². The van der Waals surface area contributed by atoms with Crippen LogP contribution in [0.15, 0.2) is 36.5 Å². The lowest BCUT2D eigenvalue weighted by Gasteiger charge is -2.34. The molecule has 6 heteroatoms. The number of carbonyl (C=O) groups excluding carboxylic acids is 1. The number of H-pyrrole nitrogens is 1. The minimum absolute atomic E-state index is 0.126. The van der Waals surface area contributed by atoms with Crippen LogP contribution in [0.5, 0.6) is 0 Å². The van der Waals surface area contributed by atoms with Crippen LogP contribution in [0, 0.1) is 27.7 Å². The third kappa shape index (κ3) is 3.51. The Balaban J connectivity index is 1.28. The molecular formula is C25H29N5O. The number of benzene rings is 1. The van der Waals surface area contributed by atoms with E-state index in [-0.39, 0.29) is 5.91 Å². The lowest BCUT2D eigenvalue weighted by molar-refractivity contribution is 0.0626. The summed E-state index contributed by atoms with van der Waals surface area (Å²) >= 11 is 0. The highest BCUT2D eigenvalue weighted by molar-refractivity contribution is 5.99. The fourth-order valence-corrected chi connectivity index (χ4v) is 4.60. The first-order valence-corrected chi connectivity index (χ1v) is 11.0. The second-order valence-electron chi connectivity index (χ2n) is 8.78. The maximum atomic E-state index is 13.1. The van der Waals surface area contributed by atoms with E-state index >= 15 is 0 Å². The van der Waals surface area contributed by atoms with Gasteiger partial charge in [-0.2, -0.15) is 0 Å². The summed E-state index contributed by atoms with van der Waals surface area (Å²) in [6.07, 6.45) is 2.11. The number of imidazole rings is 1. The van der Waals surface area contributed by atoms with E-state index in [1.54, 1.807) is 0 Å². The van der Waals surface area contributed by atoms with Gasteiger partial charge >= 0.3 is 0 Å². The predicted octanol–water partition coefficient (Wildman–Crippen LogP) is 4.01. The van der Waals surface area contributed by atoms with Gasteiger partial charge in [-0.3, -0.25) is 9.69 Å². The molecule has 0 atom stereocenters. The van der Waals surface area contributed by atoms with Crippen LogP contribution in [0.25, 0.3) is 16.6 Å². The van der Waals surface area contributed by atoms with Gasteiger partial charge in [-0.1, -0.05) is 0 Å². The van der Waals surface area contributed by atoms with Crippen LogP contribution < -0.4 is 0 Å². The average molecular weight is 416 g/mol. The number of nitrogens with zero attached hydrogens (tertiary/aromatic N) is 4. The van der Waals surface area contributed by atoms with E-state index in [0.717, 1.165) is 66.2 Å². The third-order valence-electron chi connectivity index (χ3n) is 6.67. The third-order valence-corrected chi connectivity index (χ3v) is 6.67. The molecular weight excluding hydrogens is 386 g/mol. The fourth-order valence-electron chi connectivity index (χ4n) is 4.60. The number of aromatic amines is 1. The largest absolute Gasteiger partial charge is 0.358 e. The van der Waals surface area contributed by atoms with Gasteiger partial charge in [0.1, 0.15) is 5.65 Å². The maximum Gasteiger partial charge on any atom is 0.253 e.